The van der Waals surface area contributed by atoms with Crippen LogP contribution in [-0.2, 0) is 11.3 Å². The molecule has 0 atom stereocenters. The minimum Gasteiger partial charge on any atom is -0.370 e. The fraction of sp³-hybridized carbons (Fsp3) is 0.421. The zero-order valence-corrected chi connectivity index (χ0v) is 16.0. The Bertz CT molecular complexity index is 765. The van der Waals surface area contributed by atoms with Gasteiger partial charge in [-0.15, -0.1) is 0 Å². The van der Waals surface area contributed by atoms with Crippen LogP contribution in [0.15, 0.2) is 30.6 Å². The highest BCUT2D eigenvalue weighted by atomic mass is 35.5. The van der Waals surface area contributed by atoms with Gasteiger partial charge in [0.1, 0.15) is 18.0 Å². The molecule has 7 heteroatoms. The van der Waals surface area contributed by atoms with Gasteiger partial charge in [0.15, 0.2) is 0 Å². The van der Waals surface area contributed by atoms with Crippen LogP contribution in [0.3, 0.4) is 0 Å². The summed E-state index contributed by atoms with van der Waals surface area (Å²) in [6.45, 7) is 3.73. The van der Waals surface area contributed by atoms with Crippen molar-refractivity contribution >= 4 is 34.8 Å². The molecule has 0 saturated heterocycles. The van der Waals surface area contributed by atoms with Gasteiger partial charge in [-0.05, 0) is 30.7 Å². The summed E-state index contributed by atoms with van der Waals surface area (Å²) in [5.74, 6) is 1.61. The molecule has 2 heterocycles. The number of unbranched alkanes of at least 4 members (excludes halogenated alkanes) is 2. The maximum Gasteiger partial charge on any atom is 0.246 e. The average molecular weight is 374 g/mol. The van der Waals surface area contributed by atoms with E-state index in [1.807, 2.05) is 24.1 Å². The first kappa shape index (κ1) is 18.5. The zero-order valence-electron chi connectivity index (χ0n) is 15.2. The van der Waals surface area contributed by atoms with Gasteiger partial charge in [-0.1, -0.05) is 31.4 Å². The Morgan fingerprint density at radius 2 is 1.92 bits per heavy atom. The molecule has 1 amide bonds. The Morgan fingerprint density at radius 1 is 1.15 bits per heavy atom. The summed E-state index contributed by atoms with van der Waals surface area (Å²) < 4.78 is 0. The maximum absolute atomic E-state index is 12.8. The number of carbonyl (C=O) groups excluding carboxylic acids is 1. The third-order valence-electron chi connectivity index (χ3n) is 4.48. The molecular weight excluding hydrogens is 350 g/mol. The van der Waals surface area contributed by atoms with Crippen molar-refractivity contribution in [3.8, 4) is 0 Å². The number of anilines is 3. The van der Waals surface area contributed by atoms with E-state index in [4.69, 9.17) is 11.6 Å². The third-order valence-corrected chi connectivity index (χ3v) is 4.74. The van der Waals surface area contributed by atoms with Gasteiger partial charge >= 0.3 is 0 Å². The second-order valence-corrected chi connectivity index (χ2v) is 6.91. The molecule has 26 heavy (non-hydrogen) atoms. The number of amides is 1. The molecule has 1 N–H and O–H groups in total. The van der Waals surface area contributed by atoms with Crippen LogP contribution in [0.4, 0.5) is 17.3 Å². The molecule has 1 aromatic carbocycles. The first-order valence-corrected chi connectivity index (χ1v) is 9.32. The largest absolute Gasteiger partial charge is 0.370 e. The fourth-order valence-electron chi connectivity index (χ4n) is 3.08. The zero-order chi connectivity index (χ0) is 18.5. The standard InChI is InChI=1S/C19H24ClN5O/c1-3-4-5-10-21-18-16-11-25(15-8-6-14(20)7-9-15)17(26)12-24(2)19(16)23-13-22-18/h6-9,13H,3-5,10-12H2,1-2H3,(H,21,22,23). The summed E-state index contributed by atoms with van der Waals surface area (Å²) in [6.07, 6.45) is 4.99. The molecule has 0 aliphatic carbocycles. The van der Waals surface area contributed by atoms with Gasteiger partial charge in [-0.3, -0.25) is 4.79 Å². The summed E-state index contributed by atoms with van der Waals surface area (Å²) in [7, 11) is 1.88. The number of nitrogens with one attached hydrogen (secondary N) is 1. The fourth-order valence-corrected chi connectivity index (χ4v) is 3.20. The van der Waals surface area contributed by atoms with Crippen LogP contribution < -0.4 is 15.1 Å². The highest BCUT2D eigenvalue weighted by Gasteiger charge is 2.27. The van der Waals surface area contributed by atoms with E-state index in [1.165, 1.54) is 12.8 Å². The van der Waals surface area contributed by atoms with Gasteiger partial charge in [0, 0.05) is 24.3 Å². The van der Waals surface area contributed by atoms with Crippen molar-refractivity contribution < 1.29 is 4.79 Å². The van der Waals surface area contributed by atoms with E-state index in [9.17, 15) is 4.79 Å². The minimum absolute atomic E-state index is 0.0183. The number of aromatic nitrogens is 2. The lowest BCUT2D eigenvalue weighted by molar-refractivity contribution is -0.117. The van der Waals surface area contributed by atoms with E-state index in [-0.39, 0.29) is 12.5 Å². The van der Waals surface area contributed by atoms with Gasteiger partial charge in [0.2, 0.25) is 5.91 Å². The Morgan fingerprint density at radius 3 is 2.65 bits per heavy atom. The van der Waals surface area contributed by atoms with Crippen LogP contribution in [0.25, 0.3) is 0 Å². The van der Waals surface area contributed by atoms with Crippen LogP contribution >= 0.6 is 11.6 Å². The van der Waals surface area contributed by atoms with Crippen LogP contribution in [0, 0.1) is 0 Å². The number of halogens is 1. The lowest BCUT2D eigenvalue weighted by atomic mass is 10.2. The number of rotatable bonds is 6. The Labute approximate surface area is 159 Å². The molecule has 138 valence electrons. The van der Waals surface area contributed by atoms with Crippen molar-refractivity contribution in [2.24, 2.45) is 0 Å². The molecule has 1 aromatic heterocycles. The van der Waals surface area contributed by atoms with Gasteiger partial charge in [-0.25, -0.2) is 9.97 Å². The number of likely N-dealkylation sites (N-methyl/N-ethyl adjacent to an activating group) is 1. The summed E-state index contributed by atoms with van der Waals surface area (Å²) >= 11 is 5.99. The minimum atomic E-state index is 0.0183. The highest BCUT2D eigenvalue weighted by molar-refractivity contribution is 6.30. The number of carbonyl (C=O) groups is 1. The molecule has 0 fully saturated rings. The molecule has 0 spiro atoms. The molecule has 0 radical (unpaired) electrons. The predicted octanol–water partition coefficient (Wildman–Crippen LogP) is 3.72. The number of hydrogen-bond donors (Lipinski definition) is 1. The smallest absolute Gasteiger partial charge is 0.246 e. The van der Waals surface area contributed by atoms with Gasteiger partial charge < -0.3 is 15.1 Å². The second-order valence-electron chi connectivity index (χ2n) is 6.47. The van der Waals surface area contributed by atoms with Crippen LogP contribution in [0.1, 0.15) is 31.7 Å². The summed E-state index contributed by atoms with van der Waals surface area (Å²) in [4.78, 5) is 25.3. The summed E-state index contributed by atoms with van der Waals surface area (Å²) in [5, 5.41) is 4.06. The lowest BCUT2D eigenvalue weighted by Crippen LogP contribution is -2.35. The first-order chi connectivity index (χ1) is 12.6. The van der Waals surface area contributed by atoms with Crippen LogP contribution in [0.2, 0.25) is 5.02 Å². The van der Waals surface area contributed by atoms with Gasteiger partial charge in [0.05, 0.1) is 18.7 Å². The van der Waals surface area contributed by atoms with Crippen molar-refractivity contribution in [3.63, 3.8) is 0 Å². The Hall–Kier alpha value is -2.34. The normalized spacial score (nSPS) is 14.2. The van der Waals surface area contributed by atoms with Crippen molar-refractivity contribution in [1.82, 2.24) is 9.97 Å². The average Bonchev–Trinajstić information content (AvgIpc) is 2.76. The molecule has 0 saturated carbocycles. The second kappa shape index (κ2) is 8.36. The molecule has 0 bridgehead atoms. The van der Waals surface area contributed by atoms with Crippen molar-refractivity contribution in [1.29, 1.82) is 0 Å². The molecule has 1 aliphatic rings. The summed E-state index contributed by atoms with van der Waals surface area (Å²) in [5.41, 5.74) is 1.76. The van der Waals surface area contributed by atoms with Crippen molar-refractivity contribution in [3.05, 3.63) is 41.2 Å². The molecule has 2 aromatic rings. The van der Waals surface area contributed by atoms with E-state index in [0.717, 1.165) is 35.9 Å². The maximum atomic E-state index is 12.8. The van der Waals surface area contributed by atoms with Crippen molar-refractivity contribution in [2.75, 3.05) is 35.3 Å². The number of hydrogen-bond acceptors (Lipinski definition) is 5. The highest BCUT2D eigenvalue weighted by Crippen LogP contribution is 2.30. The molecular formula is C19H24ClN5O. The van der Waals surface area contributed by atoms with Gasteiger partial charge in [-0.2, -0.15) is 0 Å². The lowest BCUT2D eigenvalue weighted by Gasteiger charge is -2.21. The number of nitrogens with zero attached hydrogens (tertiary/aromatic N) is 4. The monoisotopic (exact) mass is 373 g/mol. The Balaban J connectivity index is 1.91. The number of fused-ring (bicyclic) bond motifs is 1. The first-order valence-electron chi connectivity index (χ1n) is 8.95. The van der Waals surface area contributed by atoms with E-state index in [0.29, 0.717) is 11.6 Å². The quantitative estimate of drug-likeness (QED) is 0.782. The van der Waals surface area contributed by atoms with E-state index in [2.05, 4.69) is 22.2 Å². The molecule has 1 aliphatic heterocycles. The van der Waals surface area contributed by atoms with E-state index in [1.54, 1.807) is 23.4 Å². The molecule has 6 nitrogen and oxygen atoms in total. The van der Waals surface area contributed by atoms with Crippen molar-refractivity contribution in [2.45, 2.75) is 32.7 Å². The summed E-state index contributed by atoms with van der Waals surface area (Å²) in [6, 6.07) is 7.32. The van der Waals surface area contributed by atoms with Crippen LogP contribution in [0.5, 0.6) is 0 Å². The van der Waals surface area contributed by atoms with E-state index >= 15 is 0 Å². The van der Waals surface area contributed by atoms with Crippen LogP contribution in [-0.4, -0.2) is 36.0 Å². The Kier molecular flexibility index (Phi) is 5.93. The number of benzene rings is 1. The van der Waals surface area contributed by atoms with E-state index < -0.39 is 0 Å². The third kappa shape index (κ3) is 4.07. The topological polar surface area (TPSA) is 61.4 Å². The predicted molar refractivity (Wildman–Crippen MR) is 106 cm³/mol. The molecule has 3 rings (SSSR count). The van der Waals surface area contributed by atoms with Gasteiger partial charge in [0.25, 0.3) is 0 Å². The molecule has 0 unspecified atom stereocenters. The SMILES string of the molecule is CCCCCNc1ncnc2c1CN(c1ccc(Cl)cc1)C(=O)CN2C.